The largest absolute Gasteiger partial charge is 0.368 e. The van der Waals surface area contributed by atoms with Gasteiger partial charge in [-0.2, -0.15) is 0 Å². The summed E-state index contributed by atoms with van der Waals surface area (Å²) in [6.07, 6.45) is 0. The van der Waals surface area contributed by atoms with E-state index in [1.807, 2.05) is 72.5 Å². The van der Waals surface area contributed by atoms with Gasteiger partial charge in [0.1, 0.15) is 5.82 Å². The van der Waals surface area contributed by atoms with Gasteiger partial charge in [0.05, 0.1) is 11.0 Å². The lowest BCUT2D eigenvalue weighted by Crippen LogP contribution is -2.48. The van der Waals surface area contributed by atoms with Crippen molar-refractivity contribution in [3.05, 3.63) is 89.7 Å². The number of benzene rings is 3. The van der Waals surface area contributed by atoms with Crippen molar-refractivity contribution in [2.45, 2.75) is 13.8 Å². The molecule has 0 bridgehead atoms. The second kappa shape index (κ2) is 8.54. The Morgan fingerprint density at radius 1 is 0.788 bits per heavy atom. The quantitative estimate of drug-likeness (QED) is 0.440. The van der Waals surface area contributed by atoms with Crippen LogP contribution >= 0.6 is 0 Å². The Morgan fingerprint density at radius 2 is 1.45 bits per heavy atom. The average molecular weight is 439 g/mol. The molecule has 166 valence electrons. The maximum Gasteiger partial charge on any atom is 0.254 e. The molecule has 1 aliphatic rings. The molecule has 6 nitrogen and oxygen atoms in total. The Kier molecular flexibility index (Phi) is 5.42. The van der Waals surface area contributed by atoms with E-state index in [1.165, 1.54) is 0 Å². The van der Waals surface area contributed by atoms with Crippen molar-refractivity contribution >= 4 is 28.4 Å². The number of hydrogen-bond acceptors (Lipinski definition) is 4. The second-order valence-corrected chi connectivity index (χ2v) is 8.42. The SMILES string of the molecule is CC(=O)c1ccc(N2CCN(C(=O)c3ccc4c(c3)nc(C)n4-c3ccccc3)CC2)cc1. The number of amides is 1. The van der Waals surface area contributed by atoms with Gasteiger partial charge in [-0.25, -0.2) is 4.98 Å². The van der Waals surface area contributed by atoms with E-state index in [9.17, 15) is 9.59 Å². The number of carbonyl (C=O) groups excluding carboxylic acids is 2. The van der Waals surface area contributed by atoms with Crippen molar-refractivity contribution < 1.29 is 9.59 Å². The highest BCUT2D eigenvalue weighted by molar-refractivity contribution is 5.98. The Labute approximate surface area is 193 Å². The summed E-state index contributed by atoms with van der Waals surface area (Å²) in [7, 11) is 0. The van der Waals surface area contributed by atoms with Gasteiger partial charge < -0.3 is 9.80 Å². The fourth-order valence-electron chi connectivity index (χ4n) is 4.49. The van der Waals surface area contributed by atoms with E-state index in [1.54, 1.807) is 6.92 Å². The molecule has 3 aromatic carbocycles. The number of para-hydroxylation sites is 1. The lowest BCUT2D eigenvalue weighted by Gasteiger charge is -2.36. The molecule has 5 rings (SSSR count). The van der Waals surface area contributed by atoms with Crippen molar-refractivity contribution in [3.63, 3.8) is 0 Å². The number of imidazole rings is 1. The molecule has 0 N–H and O–H groups in total. The summed E-state index contributed by atoms with van der Waals surface area (Å²) >= 11 is 0. The first kappa shape index (κ1) is 20.9. The lowest BCUT2D eigenvalue weighted by molar-refractivity contribution is 0.0746. The fourth-order valence-corrected chi connectivity index (χ4v) is 4.49. The maximum absolute atomic E-state index is 13.2. The molecule has 0 saturated carbocycles. The number of aryl methyl sites for hydroxylation is 1. The first-order valence-electron chi connectivity index (χ1n) is 11.2. The van der Waals surface area contributed by atoms with Crippen LogP contribution in [-0.2, 0) is 0 Å². The predicted molar refractivity (Wildman–Crippen MR) is 130 cm³/mol. The van der Waals surface area contributed by atoms with E-state index in [-0.39, 0.29) is 11.7 Å². The molecule has 1 saturated heterocycles. The third kappa shape index (κ3) is 4.00. The zero-order chi connectivity index (χ0) is 22.9. The van der Waals surface area contributed by atoms with Crippen LogP contribution in [0.2, 0.25) is 0 Å². The van der Waals surface area contributed by atoms with Gasteiger partial charge in [-0.1, -0.05) is 18.2 Å². The molecule has 1 amide bonds. The Morgan fingerprint density at radius 3 is 2.12 bits per heavy atom. The van der Waals surface area contributed by atoms with Crippen molar-refractivity contribution in [2.24, 2.45) is 0 Å². The minimum Gasteiger partial charge on any atom is -0.368 e. The van der Waals surface area contributed by atoms with Crippen molar-refractivity contribution in [1.29, 1.82) is 0 Å². The summed E-state index contributed by atoms with van der Waals surface area (Å²) in [5, 5.41) is 0. The van der Waals surface area contributed by atoms with Crippen LogP contribution in [0.1, 0.15) is 33.5 Å². The van der Waals surface area contributed by atoms with Crippen LogP contribution < -0.4 is 4.90 Å². The number of fused-ring (bicyclic) bond motifs is 1. The molecule has 0 unspecified atom stereocenters. The summed E-state index contributed by atoms with van der Waals surface area (Å²) in [4.78, 5) is 33.6. The zero-order valence-electron chi connectivity index (χ0n) is 18.9. The Hall–Kier alpha value is -3.93. The number of carbonyl (C=O) groups is 2. The molecular formula is C27H26N4O2. The van der Waals surface area contributed by atoms with Gasteiger partial charge in [-0.05, 0) is 68.4 Å². The molecule has 33 heavy (non-hydrogen) atoms. The lowest BCUT2D eigenvalue weighted by atomic mass is 10.1. The predicted octanol–water partition coefficient (Wildman–Crippen LogP) is 4.50. The monoisotopic (exact) mass is 438 g/mol. The number of nitrogens with zero attached hydrogens (tertiary/aromatic N) is 4. The summed E-state index contributed by atoms with van der Waals surface area (Å²) in [6.45, 7) is 6.39. The Balaban J connectivity index is 1.31. The standard InChI is InChI=1S/C27H26N4O2/c1-19(32)21-8-11-23(12-9-21)29-14-16-30(17-15-29)27(33)22-10-13-26-25(18-22)28-20(2)31(26)24-6-4-3-5-7-24/h3-13,18H,14-17H2,1-2H3. The average Bonchev–Trinajstić information content (AvgIpc) is 3.19. The Bertz CT molecular complexity index is 1320. The summed E-state index contributed by atoms with van der Waals surface area (Å²) in [5.74, 6) is 0.998. The zero-order valence-corrected chi connectivity index (χ0v) is 18.9. The van der Waals surface area contributed by atoms with Crippen molar-refractivity contribution in [2.75, 3.05) is 31.1 Å². The molecule has 0 spiro atoms. The molecule has 1 aliphatic heterocycles. The van der Waals surface area contributed by atoms with Gasteiger partial charge in [-0.3, -0.25) is 14.2 Å². The smallest absolute Gasteiger partial charge is 0.254 e. The molecular weight excluding hydrogens is 412 g/mol. The highest BCUT2D eigenvalue weighted by Gasteiger charge is 2.23. The van der Waals surface area contributed by atoms with Gasteiger partial charge in [0.25, 0.3) is 5.91 Å². The topological polar surface area (TPSA) is 58.4 Å². The van der Waals surface area contributed by atoms with Crippen LogP contribution in [-0.4, -0.2) is 52.3 Å². The van der Waals surface area contributed by atoms with Gasteiger partial charge in [-0.15, -0.1) is 0 Å². The van der Waals surface area contributed by atoms with Gasteiger partial charge >= 0.3 is 0 Å². The molecule has 4 aromatic rings. The highest BCUT2D eigenvalue weighted by Crippen LogP contribution is 2.24. The van der Waals surface area contributed by atoms with E-state index in [0.717, 1.165) is 41.3 Å². The normalized spacial score (nSPS) is 14.0. The highest BCUT2D eigenvalue weighted by atomic mass is 16.2. The first-order chi connectivity index (χ1) is 16.0. The second-order valence-electron chi connectivity index (χ2n) is 8.42. The maximum atomic E-state index is 13.2. The number of anilines is 1. The van der Waals surface area contributed by atoms with Gasteiger partial charge in [0, 0.05) is 48.7 Å². The molecule has 2 heterocycles. The number of Topliss-reactive ketones (excluding diaryl/α,β-unsaturated/α-hetero) is 1. The van der Waals surface area contributed by atoms with E-state index in [2.05, 4.69) is 21.6 Å². The van der Waals surface area contributed by atoms with Crippen molar-refractivity contribution in [1.82, 2.24) is 14.5 Å². The minimum absolute atomic E-state index is 0.0374. The van der Waals surface area contributed by atoms with Crippen LogP contribution in [0.5, 0.6) is 0 Å². The molecule has 1 aromatic heterocycles. The fraction of sp³-hybridized carbons (Fsp3) is 0.222. The third-order valence-electron chi connectivity index (χ3n) is 6.29. The first-order valence-corrected chi connectivity index (χ1v) is 11.2. The molecule has 1 fully saturated rings. The van der Waals surface area contributed by atoms with Crippen LogP contribution in [0.3, 0.4) is 0 Å². The van der Waals surface area contributed by atoms with Crippen LogP contribution in [0.4, 0.5) is 5.69 Å². The number of ketones is 1. The number of hydrogen-bond donors (Lipinski definition) is 0. The van der Waals surface area contributed by atoms with E-state index < -0.39 is 0 Å². The molecule has 0 atom stereocenters. The van der Waals surface area contributed by atoms with Crippen LogP contribution in [0, 0.1) is 6.92 Å². The van der Waals surface area contributed by atoms with E-state index in [0.29, 0.717) is 24.2 Å². The summed E-state index contributed by atoms with van der Waals surface area (Å²) in [5.41, 5.74) is 5.34. The summed E-state index contributed by atoms with van der Waals surface area (Å²) < 4.78 is 2.11. The van der Waals surface area contributed by atoms with E-state index in [4.69, 9.17) is 4.98 Å². The third-order valence-corrected chi connectivity index (χ3v) is 6.29. The minimum atomic E-state index is 0.0374. The van der Waals surface area contributed by atoms with Gasteiger partial charge in [0.2, 0.25) is 0 Å². The van der Waals surface area contributed by atoms with Gasteiger partial charge in [0.15, 0.2) is 5.78 Å². The number of aromatic nitrogens is 2. The number of piperazine rings is 1. The van der Waals surface area contributed by atoms with Crippen LogP contribution in [0.15, 0.2) is 72.8 Å². The van der Waals surface area contributed by atoms with E-state index >= 15 is 0 Å². The molecule has 0 aliphatic carbocycles. The molecule has 0 radical (unpaired) electrons. The number of rotatable bonds is 4. The summed E-state index contributed by atoms with van der Waals surface area (Å²) in [6, 6.07) is 23.6. The van der Waals surface area contributed by atoms with Crippen molar-refractivity contribution in [3.8, 4) is 5.69 Å². The van der Waals surface area contributed by atoms with Crippen LogP contribution in [0.25, 0.3) is 16.7 Å². The molecule has 6 heteroatoms.